The number of piperazine rings is 1. The monoisotopic (exact) mass is 272 g/mol. The van der Waals surface area contributed by atoms with E-state index in [0.717, 1.165) is 39.3 Å². The van der Waals surface area contributed by atoms with Gasteiger partial charge < -0.3 is 15.7 Å². The number of nitrogens with zero attached hydrogens (tertiary/aromatic N) is 3. The highest BCUT2D eigenvalue weighted by atomic mass is 16.5. The van der Waals surface area contributed by atoms with Crippen LogP contribution in [0.2, 0.25) is 0 Å². The van der Waals surface area contributed by atoms with Crippen LogP contribution in [0.15, 0.2) is 5.16 Å². The molecule has 1 aliphatic heterocycles. The van der Waals surface area contributed by atoms with Crippen LogP contribution in [-0.4, -0.2) is 71.8 Å². The minimum absolute atomic E-state index is 0.00187. The molecule has 3 N–H and O–H groups in total. The molecule has 1 heterocycles. The highest BCUT2D eigenvalue weighted by Crippen LogP contribution is 2.09. The number of amidine groups is 1. The van der Waals surface area contributed by atoms with Crippen LogP contribution in [0.3, 0.4) is 0 Å². The van der Waals surface area contributed by atoms with E-state index in [-0.39, 0.29) is 17.5 Å². The lowest BCUT2D eigenvalue weighted by molar-refractivity contribution is -0.0182. The van der Waals surface area contributed by atoms with Crippen molar-refractivity contribution < 1.29 is 9.94 Å². The van der Waals surface area contributed by atoms with Gasteiger partial charge >= 0.3 is 0 Å². The predicted octanol–water partition coefficient (Wildman–Crippen LogP) is 0.554. The SMILES string of the molecule is CC(C(N)=NO)N1CCN(CCOC(C)(C)C)CC1. The third-order valence-corrected chi connectivity index (χ3v) is 3.44. The zero-order valence-corrected chi connectivity index (χ0v) is 12.6. The van der Waals surface area contributed by atoms with Crippen LogP contribution < -0.4 is 5.73 Å². The second-order valence-corrected chi connectivity index (χ2v) is 6.04. The van der Waals surface area contributed by atoms with E-state index in [4.69, 9.17) is 15.7 Å². The van der Waals surface area contributed by atoms with Crippen molar-refractivity contribution in [2.75, 3.05) is 39.3 Å². The maximum atomic E-state index is 8.69. The standard InChI is InChI=1S/C13H28N4O2/c1-11(12(14)15-18)17-7-5-16(6-8-17)9-10-19-13(2,3)4/h11,18H,5-10H2,1-4H3,(H2,14,15). The van der Waals surface area contributed by atoms with E-state index in [2.05, 4.69) is 35.7 Å². The molecule has 1 aliphatic rings. The fourth-order valence-electron chi connectivity index (χ4n) is 2.13. The minimum atomic E-state index is -0.0671. The smallest absolute Gasteiger partial charge is 0.156 e. The summed E-state index contributed by atoms with van der Waals surface area (Å²) in [5.41, 5.74) is 5.57. The zero-order valence-electron chi connectivity index (χ0n) is 12.6. The second-order valence-electron chi connectivity index (χ2n) is 6.04. The van der Waals surface area contributed by atoms with Gasteiger partial charge in [-0.05, 0) is 27.7 Å². The molecule has 0 amide bonds. The zero-order chi connectivity index (χ0) is 14.5. The highest BCUT2D eigenvalue weighted by Gasteiger charge is 2.23. The third kappa shape index (κ3) is 5.76. The Hall–Kier alpha value is -0.850. The van der Waals surface area contributed by atoms with Gasteiger partial charge in [-0.15, -0.1) is 0 Å². The summed E-state index contributed by atoms with van der Waals surface area (Å²) in [6.07, 6.45) is 0. The van der Waals surface area contributed by atoms with Crippen molar-refractivity contribution in [2.24, 2.45) is 10.9 Å². The predicted molar refractivity (Wildman–Crippen MR) is 76.6 cm³/mol. The van der Waals surface area contributed by atoms with E-state index in [1.807, 2.05) is 6.92 Å². The summed E-state index contributed by atoms with van der Waals surface area (Å²) in [5.74, 6) is 0.282. The first-order valence-electron chi connectivity index (χ1n) is 6.91. The highest BCUT2D eigenvalue weighted by molar-refractivity contribution is 5.84. The van der Waals surface area contributed by atoms with Crippen LogP contribution in [0, 0.1) is 0 Å². The molecule has 1 rings (SSSR count). The molecular weight excluding hydrogens is 244 g/mol. The number of hydrogen-bond donors (Lipinski definition) is 2. The normalized spacial score (nSPS) is 21.6. The average molecular weight is 272 g/mol. The lowest BCUT2D eigenvalue weighted by Gasteiger charge is -2.37. The molecule has 1 atom stereocenters. The summed E-state index contributed by atoms with van der Waals surface area (Å²) in [4.78, 5) is 4.62. The van der Waals surface area contributed by atoms with Crippen molar-refractivity contribution in [3.63, 3.8) is 0 Å². The molecule has 112 valence electrons. The first-order chi connectivity index (χ1) is 8.83. The minimum Gasteiger partial charge on any atom is -0.409 e. The summed E-state index contributed by atoms with van der Waals surface area (Å²) < 4.78 is 5.73. The van der Waals surface area contributed by atoms with Crippen LogP contribution in [0.5, 0.6) is 0 Å². The molecule has 0 bridgehead atoms. The Balaban J connectivity index is 2.26. The van der Waals surface area contributed by atoms with Gasteiger partial charge in [0, 0.05) is 32.7 Å². The third-order valence-electron chi connectivity index (χ3n) is 3.44. The Kier molecular flexibility index (Phi) is 6.03. The summed E-state index contributed by atoms with van der Waals surface area (Å²) in [6.45, 7) is 13.8. The Labute approximate surface area is 116 Å². The van der Waals surface area contributed by atoms with E-state index in [9.17, 15) is 0 Å². The Bertz CT molecular complexity index is 294. The van der Waals surface area contributed by atoms with Crippen LogP contribution in [0.4, 0.5) is 0 Å². The van der Waals surface area contributed by atoms with Crippen molar-refractivity contribution in [3.05, 3.63) is 0 Å². The molecule has 0 aromatic rings. The van der Waals surface area contributed by atoms with Crippen LogP contribution in [0.25, 0.3) is 0 Å². The van der Waals surface area contributed by atoms with Gasteiger partial charge in [-0.1, -0.05) is 5.16 Å². The number of hydrogen-bond acceptors (Lipinski definition) is 5. The van der Waals surface area contributed by atoms with Gasteiger partial charge in [0.05, 0.1) is 18.2 Å². The molecule has 19 heavy (non-hydrogen) atoms. The maximum Gasteiger partial charge on any atom is 0.156 e. The molecule has 0 radical (unpaired) electrons. The molecular formula is C13H28N4O2. The van der Waals surface area contributed by atoms with Crippen LogP contribution >= 0.6 is 0 Å². The van der Waals surface area contributed by atoms with E-state index in [1.54, 1.807) is 0 Å². The van der Waals surface area contributed by atoms with E-state index in [1.165, 1.54) is 0 Å². The molecule has 0 saturated carbocycles. The largest absolute Gasteiger partial charge is 0.409 e. The van der Waals surface area contributed by atoms with Crippen LogP contribution in [-0.2, 0) is 4.74 Å². The lowest BCUT2D eigenvalue weighted by Crippen LogP contribution is -2.53. The topological polar surface area (TPSA) is 74.3 Å². The molecule has 6 heteroatoms. The number of ether oxygens (including phenoxy) is 1. The molecule has 0 aromatic heterocycles. The first-order valence-corrected chi connectivity index (χ1v) is 6.91. The van der Waals surface area contributed by atoms with Gasteiger partial charge in [-0.2, -0.15) is 0 Å². The van der Waals surface area contributed by atoms with E-state index >= 15 is 0 Å². The summed E-state index contributed by atoms with van der Waals surface area (Å²) >= 11 is 0. The Morgan fingerprint density at radius 2 is 1.89 bits per heavy atom. The number of oxime groups is 1. The molecule has 0 aromatic carbocycles. The fourth-order valence-corrected chi connectivity index (χ4v) is 2.13. The Morgan fingerprint density at radius 1 is 1.32 bits per heavy atom. The first kappa shape index (κ1) is 16.2. The quantitative estimate of drug-likeness (QED) is 0.331. The van der Waals surface area contributed by atoms with Gasteiger partial charge in [0.15, 0.2) is 5.84 Å². The molecule has 0 spiro atoms. The molecule has 1 unspecified atom stereocenters. The van der Waals surface area contributed by atoms with Crippen molar-refractivity contribution in [2.45, 2.75) is 39.3 Å². The van der Waals surface area contributed by atoms with E-state index < -0.39 is 0 Å². The fraction of sp³-hybridized carbons (Fsp3) is 0.923. The van der Waals surface area contributed by atoms with Gasteiger partial charge in [0.1, 0.15) is 0 Å². The lowest BCUT2D eigenvalue weighted by atomic mass is 10.2. The second kappa shape index (κ2) is 7.07. The van der Waals surface area contributed by atoms with Crippen molar-refractivity contribution in [1.82, 2.24) is 9.80 Å². The van der Waals surface area contributed by atoms with Crippen LogP contribution in [0.1, 0.15) is 27.7 Å². The molecule has 1 saturated heterocycles. The molecule has 0 aliphatic carbocycles. The summed E-state index contributed by atoms with van der Waals surface area (Å²) in [5, 5.41) is 11.8. The average Bonchev–Trinajstić information content (AvgIpc) is 2.36. The van der Waals surface area contributed by atoms with Gasteiger partial charge in [0.2, 0.25) is 0 Å². The number of nitrogens with two attached hydrogens (primary N) is 1. The van der Waals surface area contributed by atoms with Crippen molar-refractivity contribution in [1.29, 1.82) is 0 Å². The molecule has 6 nitrogen and oxygen atoms in total. The maximum absolute atomic E-state index is 8.69. The van der Waals surface area contributed by atoms with Gasteiger partial charge in [0.25, 0.3) is 0 Å². The molecule has 1 fully saturated rings. The van der Waals surface area contributed by atoms with E-state index in [0.29, 0.717) is 0 Å². The number of rotatable bonds is 5. The summed E-state index contributed by atoms with van der Waals surface area (Å²) in [6, 6.07) is -0.00187. The van der Waals surface area contributed by atoms with Gasteiger partial charge in [-0.3, -0.25) is 9.80 Å². The van der Waals surface area contributed by atoms with Crippen molar-refractivity contribution >= 4 is 5.84 Å². The summed E-state index contributed by atoms with van der Waals surface area (Å²) in [7, 11) is 0. The Morgan fingerprint density at radius 3 is 2.37 bits per heavy atom. The van der Waals surface area contributed by atoms with Gasteiger partial charge in [-0.25, -0.2) is 0 Å². The van der Waals surface area contributed by atoms with Crippen molar-refractivity contribution in [3.8, 4) is 0 Å².